The van der Waals surface area contributed by atoms with E-state index in [-0.39, 0.29) is 24.5 Å². The zero-order valence-corrected chi connectivity index (χ0v) is 15.4. The lowest BCUT2D eigenvalue weighted by Crippen LogP contribution is -2.44. The molecule has 2 saturated heterocycles. The molecule has 142 valence electrons. The normalized spacial score (nSPS) is 21.6. The van der Waals surface area contributed by atoms with Crippen molar-refractivity contribution in [3.63, 3.8) is 0 Å². The molecule has 1 unspecified atom stereocenters. The third-order valence-corrected chi connectivity index (χ3v) is 4.15. The van der Waals surface area contributed by atoms with Crippen molar-refractivity contribution in [1.29, 1.82) is 0 Å². The van der Waals surface area contributed by atoms with Crippen LogP contribution >= 0.6 is 0 Å². The van der Waals surface area contributed by atoms with Crippen LogP contribution in [0.1, 0.15) is 40.0 Å². The molecule has 8 heteroatoms. The van der Waals surface area contributed by atoms with E-state index in [1.165, 1.54) is 0 Å². The van der Waals surface area contributed by atoms with Crippen LogP contribution in [0.3, 0.4) is 0 Å². The van der Waals surface area contributed by atoms with Crippen LogP contribution in [0.5, 0.6) is 0 Å². The molecule has 0 spiro atoms. The smallest absolute Gasteiger partial charge is 0.408 e. The number of hydrogen-bond donors (Lipinski definition) is 1. The average Bonchev–Trinajstić information content (AvgIpc) is 2.94. The Morgan fingerprint density at radius 2 is 1.76 bits per heavy atom. The molecule has 2 aliphatic rings. The van der Waals surface area contributed by atoms with Crippen molar-refractivity contribution in [3.8, 4) is 0 Å². The van der Waals surface area contributed by atoms with E-state index < -0.39 is 11.7 Å². The van der Waals surface area contributed by atoms with Crippen molar-refractivity contribution in [3.05, 3.63) is 0 Å². The van der Waals surface area contributed by atoms with Crippen LogP contribution in [0.4, 0.5) is 4.79 Å². The summed E-state index contributed by atoms with van der Waals surface area (Å²) in [6.45, 7) is 8.00. The molecule has 1 N–H and O–H groups in total. The van der Waals surface area contributed by atoms with E-state index in [9.17, 15) is 14.4 Å². The summed E-state index contributed by atoms with van der Waals surface area (Å²) in [5.74, 6) is -0.143. The SMILES string of the molecule is CC(C)(C)OC(=O)NCC(=O)N1CCCN(C(=O)C2CCCO2)CC1. The van der Waals surface area contributed by atoms with Gasteiger partial charge in [0.2, 0.25) is 5.91 Å². The minimum Gasteiger partial charge on any atom is -0.444 e. The van der Waals surface area contributed by atoms with Gasteiger partial charge < -0.3 is 24.6 Å². The van der Waals surface area contributed by atoms with Crippen LogP contribution in [0.25, 0.3) is 0 Å². The third kappa shape index (κ3) is 6.19. The van der Waals surface area contributed by atoms with Gasteiger partial charge in [0.25, 0.3) is 5.91 Å². The van der Waals surface area contributed by atoms with Gasteiger partial charge >= 0.3 is 6.09 Å². The van der Waals surface area contributed by atoms with Gasteiger partial charge in [-0.15, -0.1) is 0 Å². The quantitative estimate of drug-likeness (QED) is 0.807. The summed E-state index contributed by atoms with van der Waals surface area (Å²) in [6, 6.07) is 0. The number of hydrogen-bond acceptors (Lipinski definition) is 5. The maximum Gasteiger partial charge on any atom is 0.408 e. The zero-order chi connectivity index (χ0) is 18.4. The number of rotatable bonds is 3. The van der Waals surface area contributed by atoms with E-state index in [0.717, 1.165) is 19.3 Å². The molecule has 2 fully saturated rings. The highest BCUT2D eigenvalue weighted by molar-refractivity contribution is 5.83. The molecule has 25 heavy (non-hydrogen) atoms. The fourth-order valence-electron chi connectivity index (χ4n) is 2.94. The largest absolute Gasteiger partial charge is 0.444 e. The molecule has 0 aromatic heterocycles. The lowest BCUT2D eigenvalue weighted by Gasteiger charge is -2.24. The Morgan fingerprint density at radius 1 is 1.08 bits per heavy atom. The van der Waals surface area contributed by atoms with Crippen LogP contribution < -0.4 is 5.32 Å². The lowest BCUT2D eigenvalue weighted by molar-refractivity contribution is -0.141. The average molecular weight is 355 g/mol. The summed E-state index contributed by atoms with van der Waals surface area (Å²) in [7, 11) is 0. The van der Waals surface area contributed by atoms with E-state index >= 15 is 0 Å². The van der Waals surface area contributed by atoms with Crippen molar-refractivity contribution >= 4 is 17.9 Å². The Bertz CT molecular complexity index is 497. The molecular weight excluding hydrogens is 326 g/mol. The van der Waals surface area contributed by atoms with Gasteiger partial charge in [0.05, 0.1) is 0 Å². The Labute approximate surface area is 148 Å². The van der Waals surface area contributed by atoms with Gasteiger partial charge in [0.1, 0.15) is 18.2 Å². The van der Waals surface area contributed by atoms with E-state index in [0.29, 0.717) is 32.8 Å². The number of alkyl carbamates (subject to hydrolysis) is 1. The Hall–Kier alpha value is -1.83. The molecular formula is C17H29N3O5. The highest BCUT2D eigenvalue weighted by Crippen LogP contribution is 2.16. The molecule has 8 nitrogen and oxygen atoms in total. The topological polar surface area (TPSA) is 88.2 Å². The van der Waals surface area contributed by atoms with Gasteiger partial charge in [-0.3, -0.25) is 9.59 Å². The van der Waals surface area contributed by atoms with Crippen LogP contribution in [-0.4, -0.2) is 78.7 Å². The fraction of sp³-hybridized carbons (Fsp3) is 0.824. The molecule has 0 aromatic rings. The predicted octanol–water partition coefficient (Wildman–Crippen LogP) is 0.751. The standard InChI is InChI=1S/C17H29N3O5/c1-17(2,3)25-16(23)18-12-14(21)19-7-5-8-20(10-9-19)15(22)13-6-4-11-24-13/h13H,4-12H2,1-3H3,(H,18,23). The summed E-state index contributed by atoms with van der Waals surface area (Å²) in [5.41, 5.74) is -0.598. The van der Waals surface area contributed by atoms with E-state index in [2.05, 4.69) is 5.32 Å². The van der Waals surface area contributed by atoms with Crippen molar-refractivity contribution in [2.24, 2.45) is 0 Å². The van der Waals surface area contributed by atoms with Crippen LogP contribution in [-0.2, 0) is 19.1 Å². The Balaban J connectivity index is 1.76. The second-order valence-corrected chi connectivity index (χ2v) is 7.42. The molecule has 0 bridgehead atoms. The Kier molecular flexibility index (Phi) is 6.64. The summed E-state index contributed by atoms with van der Waals surface area (Å²) in [4.78, 5) is 39.8. The third-order valence-electron chi connectivity index (χ3n) is 4.15. The monoisotopic (exact) mass is 355 g/mol. The van der Waals surface area contributed by atoms with E-state index in [1.807, 2.05) is 0 Å². The van der Waals surface area contributed by atoms with Crippen molar-refractivity contribution in [1.82, 2.24) is 15.1 Å². The Morgan fingerprint density at radius 3 is 2.40 bits per heavy atom. The van der Waals surface area contributed by atoms with Gasteiger partial charge in [-0.1, -0.05) is 0 Å². The number of amides is 3. The highest BCUT2D eigenvalue weighted by Gasteiger charge is 2.30. The number of ether oxygens (including phenoxy) is 2. The second kappa shape index (κ2) is 8.51. The molecule has 0 radical (unpaired) electrons. The summed E-state index contributed by atoms with van der Waals surface area (Å²) < 4.78 is 10.6. The van der Waals surface area contributed by atoms with E-state index in [1.54, 1.807) is 30.6 Å². The predicted molar refractivity (Wildman–Crippen MR) is 91.0 cm³/mol. The number of nitrogens with one attached hydrogen (secondary N) is 1. The van der Waals surface area contributed by atoms with Gasteiger partial charge in [0, 0.05) is 32.8 Å². The maximum atomic E-state index is 12.4. The molecule has 2 aliphatic heterocycles. The first-order valence-electron chi connectivity index (χ1n) is 8.91. The van der Waals surface area contributed by atoms with Crippen LogP contribution in [0.15, 0.2) is 0 Å². The summed E-state index contributed by atoms with van der Waals surface area (Å²) in [5, 5.41) is 2.48. The van der Waals surface area contributed by atoms with Crippen molar-refractivity contribution in [2.45, 2.75) is 51.7 Å². The molecule has 0 aromatic carbocycles. The van der Waals surface area contributed by atoms with Gasteiger partial charge in [0.15, 0.2) is 0 Å². The number of carbonyl (C=O) groups is 3. The van der Waals surface area contributed by atoms with E-state index in [4.69, 9.17) is 9.47 Å². The summed E-state index contributed by atoms with van der Waals surface area (Å²) >= 11 is 0. The fourth-order valence-corrected chi connectivity index (χ4v) is 2.94. The van der Waals surface area contributed by atoms with Crippen molar-refractivity contribution < 1.29 is 23.9 Å². The highest BCUT2D eigenvalue weighted by atomic mass is 16.6. The second-order valence-electron chi connectivity index (χ2n) is 7.42. The molecule has 2 rings (SSSR count). The molecule has 3 amide bonds. The molecule has 2 heterocycles. The number of nitrogens with zero attached hydrogens (tertiary/aromatic N) is 2. The van der Waals surface area contributed by atoms with Gasteiger partial charge in [-0.05, 0) is 40.0 Å². The molecule has 1 atom stereocenters. The van der Waals surface area contributed by atoms with Gasteiger partial charge in [-0.25, -0.2) is 4.79 Å². The maximum absolute atomic E-state index is 12.4. The minimum absolute atomic E-state index is 0.0266. The molecule has 0 aliphatic carbocycles. The first-order chi connectivity index (χ1) is 11.8. The first kappa shape index (κ1) is 19.5. The van der Waals surface area contributed by atoms with Crippen LogP contribution in [0, 0.1) is 0 Å². The number of carbonyl (C=O) groups excluding carboxylic acids is 3. The lowest BCUT2D eigenvalue weighted by atomic mass is 10.2. The zero-order valence-electron chi connectivity index (χ0n) is 15.4. The first-order valence-corrected chi connectivity index (χ1v) is 8.91. The van der Waals surface area contributed by atoms with Gasteiger partial charge in [-0.2, -0.15) is 0 Å². The summed E-state index contributed by atoms with van der Waals surface area (Å²) in [6.07, 6.45) is 1.49. The van der Waals surface area contributed by atoms with Crippen LogP contribution in [0.2, 0.25) is 0 Å². The van der Waals surface area contributed by atoms with Crippen molar-refractivity contribution in [2.75, 3.05) is 39.3 Å². The minimum atomic E-state index is -0.606. The molecule has 0 saturated carbocycles.